The molecule has 33 heavy (non-hydrogen) atoms. The Morgan fingerprint density at radius 1 is 1.30 bits per heavy atom. The Labute approximate surface area is 191 Å². The van der Waals surface area contributed by atoms with Crippen molar-refractivity contribution in [3.05, 3.63) is 47.7 Å². The van der Waals surface area contributed by atoms with Gasteiger partial charge in [-0.05, 0) is 51.0 Å². The number of nitrogens with zero attached hydrogens (tertiary/aromatic N) is 4. The highest BCUT2D eigenvalue weighted by Crippen LogP contribution is 2.32. The van der Waals surface area contributed by atoms with Crippen LogP contribution in [0.15, 0.2) is 39.9 Å². The maximum absolute atomic E-state index is 13.8. The third-order valence-electron chi connectivity index (χ3n) is 5.86. The van der Waals surface area contributed by atoms with Crippen molar-refractivity contribution in [2.45, 2.75) is 31.6 Å². The van der Waals surface area contributed by atoms with Gasteiger partial charge in [-0.25, -0.2) is 17.1 Å². The molecule has 1 aromatic carbocycles. The lowest BCUT2D eigenvalue weighted by molar-refractivity contribution is -0.130. The van der Waals surface area contributed by atoms with Crippen molar-refractivity contribution in [1.82, 2.24) is 14.4 Å². The standard InChI is InChI=1S/C23H23FN4O4S/c1-4-11-28(33(30,31)22-15(2)26-32-16(22)3)23(29)17-8-12-27(13-9-17)21-7-10-25-20-6-5-18(24)14-19(20)21/h1,5-7,10,14,17H,8-9,11-13H2,2-3H3. The van der Waals surface area contributed by atoms with Crippen molar-refractivity contribution in [3.8, 4) is 12.3 Å². The maximum Gasteiger partial charge on any atom is 0.272 e. The highest BCUT2D eigenvalue weighted by Gasteiger charge is 2.38. The van der Waals surface area contributed by atoms with E-state index in [1.54, 1.807) is 12.3 Å². The largest absolute Gasteiger partial charge is 0.371 e. The second kappa shape index (κ2) is 8.83. The lowest BCUT2D eigenvalue weighted by Gasteiger charge is -2.35. The normalized spacial score (nSPS) is 14.9. The summed E-state index contributed by atoms with van der Waals surface area (Å²) in [5.74, 6) is 0.970. The number of aromatic nitrogens is 2. The Bertz CT molecular complexity index is 1340. The predicted molar refractivity (Wildman–Crippen MR) is 120 cm³/mol. The number of hydrogen-bond donors (Lipinski definition) is 0. The molecule has 0 bridgehead atoms. The molecule has 1 amide bonds. The van der Waals surface area contributed by atoms with Crippen LogP contribution in [0.2, 0.25) is 0 Å². The molecule has 0 aliphatic carbocycles. The van der Waals surface area contributed by atoms with Crippen LogP contribution in [0.1, 0.15) is 24.3 Å². The minimum Gasteiger partial charge on any atom is -0.371 e. The van der Waals surface area contributed by atoms with Crippen LogP contribution in [0.5, 0.6) is 0 Å². The van der Waals surface area contributed by atoms with E-state index in [1.165, 1.54) is 26.0 Å². The highest BCUT2D eigenvalue weighted by atomic mass is 32.2. The molecule has 4 rings (SSSR count). The molecular weight excluding hydrogens is 447 g/mol. The summed E-state index contributed by atoms with van der Waals surface area (Å²) in [5.41, 5.74) is 1.68. The smallest absolute Gasteiger partial charge is 0.272 e. The number of anilines is 1. The number of hydrogen-bond acceptors (Lipinski definition) is 7. The molecule has 1 aliphatic rings. The summed E-state index contributed by atoms with van der Waals surface area (Å²) in [6, 6.07) is 6.25. The average molecular weight is 471 g/mol. The summed E-state index contributed by atoms with van der Waals surface area (Å²) < 4.78 is 46.0. The molecule has 2 aromatic heterocycles. The zero-order valence-corrected chi connectivity index (χ0v) is 19.1. The molecule has 172 valence electrons. The number of pyridine rings is 1. The Morgan fingerprint density at radius 3 is 2.67 bits per heavy atom. The quantitative estimate of drug-likeness (QED) is 0.529. The molecule has 1 saturated heterocycles. The molecule has 0 unspecified atom stereocenters. The Morgan fingerprint density at radius 2 is 2.03 bits per heavy atom. The Balaban J connectivity index is 1.55. The number of amides is 1. The van der Waals surface area contributed by atoms with E-state index in [-0.39, 0.29) is 28.7 Å². The van der Waals surface area contributed by atoms with E-state index in [9.17, 15) is 17.6 Å². The molecule has 3 aromatic rings. The number of carbonyl (C=O) groups is 1. The second-order valence-electron chi connectivity index (χ2n) is 7.96. The van der Waals surface area contributed by atoms with Crippen molar-refractivity contribution in [1.29, 1.82) is 0 Å². The first-order valence-corrected chi connectivity index (χ1v) is 11.9. The molecule has 10 heteroatoms. The first kappa shape index (κ1) is 22.7. The van der Waals surface area contributed by atoms with Crippen LogP contribution in [0.3, 0.4) is 0 Å². The first-order chi connectivity index (χ1) is 15.7. The molecule has 0 spiro atoms. The van der Waals surface area contributed by atoms with Gasteiger partial charge < -0.3 is 9.42 Å². The minimum atomic E-state index is -4.21. The summed E-state index contributed by atoms with van der Waals surface area (Å²) in [6.45, 7) is 3.61. The fourth-order valence-electron chi connectivity index (χ4n) is 4.27. The number of sulfonamides is 1. The number of benzene rings is 1. The van der Waals surface area contributed by atoms with E-state index in [0.717, 1.165) is 9.99 Å². The SMILES string of the molecule is C#CCN(C(=O)C1CCN(c2ccnc3ccc(F)cc23)CC1)S(=O)(=O)c1c(C)noc1C. The van der Waals surface area contributed by atoms with Gasteiger partial charge >= 0.3 is 0 Å². The van der Waals surface area contributed by atoms with E-state index in [4.69, 9.17) is 10.9 Å². The van der Waals surface area contributed by atoms with Crippen LogP contribution in [-0.4, -0.2) is 48.4 Å². The van der Waals surface area contributed by atoms with E-state index >= 15 is 0 Å². The van der Waals surface area contributed by atoms with Gasteiger partial charge in [-0.2, -0.15) is 0 Å². The van der Waals surface area contributed by atoms with Gasteiger partial charge in [0.1, 0.15) is 11.5 Å². The van der Waals surface area contributed by atoms with Gasteiger partial charge in [0.25, 0.3) is 10.0 Å². The molecule has 0 radical (unpaired) electrons. The summed E-state index contributed by atoms with van der Waals surface area (Å²) >= 11 is 0. The van der Waals surface area contributed by atoms with Crippen LogP contribution < -0.4 is 4.90 Å². The monoisotopic (exact) mass is 470 g/mol. The zero-order valence-electron chi connectivity index (χ0n) is 18.3. The first-order valence-electron chi connectivity index (χ1n) is 10.5. The van der Waals surface area contributed by atoms with Crippen molar-refractivity contribution in [3.63, 3.8) is 0 Å². The predicted octanol–water partition coefficient (Wildman–Crippen LogP) is 3.05. The van der Waals surface area contributed by atoms with Crippen molar-refractivity contribution in [2.75, 3.05) is 24.5 Å². The van der Waals surface area contributed by atoms with Gasteiger partial charge in [-0.15, -0.1) is 6.42 Å². The fraction of sp³-hybridized carbons (Fsp3) is 0.348. The van der Waals surface area contributed by atoms with Crippen LogP contribution in [0.25, 0.3) is 10.9 Å². The topological polar surface area (TPSA) is 96.6 Å². The lowest BCUT2D eigenvalue weighted by Crippen LogP contribution is -2.45. The highest BCUT2D eigenvalue weighted by molar-refractivity contribution is 7.89. The minimum absolute atomic E-state index is 0.105. The van der Waals surface area contributed by atoms with Crippen molar-refractivity contribution in [2.24, 2.45) is 5.92 Å². The Hall–Kier alpha value is -3.45. The average Bonchev–Trinajstić information content (AvgIpc) is 3.15. The molecule has 0 saturated carbocycles. The van der Waals surface area contributed by atoms with Crippen molar-refractivity contribution < 1.29 is 22.1 Å². The van der Waals surface area contributed by atoms with Gasteiger partial charge in [0, 0.05) is 36.3 Å². The number of halogens is 1. The van der Waals surface area contributed by atoms with E-state index in [2.05, 4.69) is 21.0 Å². The number of carbonyl (C=O) groups excluding carboxylic acids is 1. The van der Waals surface area contributed by atoms with E-state index in [0.29, 0.717) is 36.8 Å². The summed E-state index contributed by atoms with van der Waals surface area (Å²) in [7, 11) is -4.21. The van der Waals surface area contributed by atoms with Crippen molar-refractivity contribution >= 4 is 32.5 Å². The van der Waals surface area contributed by atoms with Crippen LogP contribution >= 0.6 is 0 Å². The van der Waals surface area contributed by atoms with Gasteiger partial charge in [0.05, 0.1) is 12.1 Å². The van der Waals surface area contributed by atoms with Crippen LogP contribution in [0.4, 0.5) is 10.1 Å². The number of piperidine rings is 1. The molecule has 0 N–H and O–H groups in total. The van der Waals surface area contributed by atoms with Crippen LogP contribution in [0, 0.1) is 37.9 Å². The van der Waals surface area contributed by atoms with Gasteiger partial charge in [0.2, 0.25) is 5.91 Å². The van der Waals surface area contributed by atoms with E-state index < -0.39 is 21.8 Å². The zero-order chi connectivity index (χ0) is 23.8. The third-order valence-corrected chi connectivity index (χ3v) is 7.85. The van der Waals surface area contributed by atoms with Crippen LogP contribution in [-0.2, 0) is 14.8 Å². The summed E-state index contributed by atoms with van der Waals surface area (Å²) in [6.07, 6.45) is 7.91. The Kier molecular flexibility index (Phi) is 6.08. The fourth-order valence-corrected chi connectivity index (χ4v) is 5.93. The van der Waals surface area contributed by atoms with Gasteiger partial charge in [-0.3, -0.25) is 9.78 Å². The molecular formula is C23H23FN4O4S. The van der Waals surface area contributed by atoms with Gasteiger partial charge in [-0.1, -0.05) is 11.1 Å². The molecule has 1 fully saturated rings. The van der Waals surface area contributed by atoms with Gasteiger partial charge in [0.15, 0.2) is 10.7 Å². The summed E-state index contributed by atoms with van der Waals surface area (Å²) in [5, 5.41) is 4.38. The number of aryl methyl sites for hydroxylation is 2. The number of fused-ring (bicyclic) bond motifs is 1. The second-order valence-corrected chi connectivity index (χ2v) is 9.76. The maximum atomic E-state index is 13.8. The van der Waals surface area contributed by atoms with E-state index in [1.807, 2.05) is 6.07 Å². The molecule has 1 aliphatic heterocycles. The number of terminal acetylenes is 1. The third kappa shape index (κ3) is 4.16. The number of rotatable bonds is 5. The molecule has 3 heterocycles. The molecule has 8 nitrogen and oxygen atoms in total. The summed E-state index contributed by atoms with van der Waals surface area (Å²) in [4.78, 5) is 19.5. The molecule has 0 atom stereocenters. The lowest BCUT2D eigenvalue weighted by atomic mass is 9.95.